The molecule has 0 fully saturated rings. The van der Waals surface area contributed by atoms with Crippen LogP contribution in [0.15, 0.2) is 60.7 Å². The number of aromatic nitrogens is 4. The fraction of sp³-hybridized carbons (Fsp3) is 0.419. The van der Waals surface area contributed by atoms with Gasteiger partial charge in [0.25, 0.3) is 0 Å². The lowest BCUT2D eigenvalue weighted by Gasteiger charge is -2.37. The van der Waals surface area contributed by atoms with Crippen LogP contribution in [0.3, 0.4) is 0 Å². The van der Waals surface area contributed by atoms with Gasteiger partial charge >= 0.3 is 0 Å². The van der Waals surface area contributed by atoms with Gasteiger partial charge in [-0.2, -0.15) is 10.2 Å². The van der Waals surface area contributed by atoms with E-state index in [0.29, 0.717) is 11.8 Å². The molecule has 2 atom stereocenters. The van der Waals surface area contributed by atoms with Crippen molar-refractivity contribution < 1.29 is 0 Å². The number of rotatable bonds is 2. The monoisotopic (exact) mass is 464 g/mol. The maximum Gasteiger partial charge on any atom is 0.0717 e. The van der Waals surface area contributed by atoms with Gasteiger partial charge in [0.05, 0.1) is 34.2 Å². The predicted octanol–water partition coefficient (Wildman–Crippen LogP) is 7.02. The molecule has 0 amide bonds. The molecule has 2 aliphatic carbocycles. The van der Waals surface area contributed by atoms with Crippen molar-refractivity contribution in [2.45, 2.75) is 83.5 Å². The van der Waals surface area contributed by atoms with Gasteiger partial charge in [0, 0.05) is 22.7 Å². The molecule has 0 saturated carbocycles. The molecule has 2 aliphatic rings. The minimum absolute atomic E-state index is 0.00513. The topological polar surface area (TPSA) is 35.6 Å². The van der Waals surface area contributed by atoms with Gasteiger partial charge in [-0.25, -0.2) is 9.36 Å². The van der Waals surface area contributed by atoms with E-state index in [1.165, 1.54) is 45.3 Å². The average molecular weight is 465 g/mol. The van der Waals surface area contributed by atoms with Gasteiger partial charge in [-0.3, -0.25) is 0 Å². The van der Waals surface area contributed by atoms with Crippen LogP contribution in [0.2, 0.25) is 0 Å². The number of hydrogen-bond acceptors (Lipinski definition) is 2. The SMILES string of the molecule is CC(C)(C)c1nn(-c2ccccc2)c2c1CC1CC2Cc2c(C(C)(C)C)nn(-c3ccccc3)c21. The zero-order valence-corrected chi connectivity index (χ0v) is 21.8. The molecule has 4 nitrogen and oxygen atoms in total. The molecule has 4 heteroatoms. The van der Waals surface area contributed by atoms with E-state index in [1.807, 2.05) is 0 Å². The van der Waals surface area contributed by atoms with Crippen molar-refractivity contribution in [3.63, 3.8) is 0 Å². The third-order valence-corrected chi connectivity index (χ3v) is 7.71. The highest BCUT2D eigenvalue weighted by Crippen LogP contribution is 2.51. The van der Waals surface area contributed by atoms with Crippen molar-refractivity contribution in [1.82, 2.24) is 19.6 Å². The lowest BCUT2D eigenvalue weighted by atomic mass is 9.67. The molecular formula is C31H36N4. The number of para-hydroxylation sites is 2. The highest BCUT2D eigenvalue weighted by Gasteiger charge is 2.44. The second-order valence-electron chi connectivity index (χ2n) is 12.5. The Morgan fingerprint density at radius 3 is 1.31 bits per heavy atom. The fourth-order valence-corrected chi connectivity index (χ4v) is 6.32. The van der Waals surface area contributed by atoms with E-state index in [4.69, 9.17) is 10.2 Å². The Bertz CT molecular complexity index is 1270. The van der Waals surface area contributed by atoms with Gasteiger partial charge in [-0.15, -0.1) is 0 Å². The van der Waals surface area contributed by atoms with Crippen molar-refractivity contribution >= 4 is 0 Å². The number of benzene rings is 2. The Labute approximate surface area is 209 Å². The smallest absolute Gasteiger partial charge is 0.0717 e. The van der Waals surface area contributed by atoms with Gasteiger partial charge in [-0.05, 0) is 54.7 Å². The average Bonchev–Trinajstić information content (AvgIpc) is 3.40. The second-order valence-corrected chi connectivity index (χ2v) is 12.5. The lowest BCUT2D eigenvalue weighted by molar-refractivity contribution is 0.425. The van der Waals surface area contributed by atoms with Gasteiger partial charge in [-0.1, -0.05) is 77.9 Å². The first-order valence-electron chi connectivity index (χ1n) is 13.0. The number of nitrogens with zero attached hydrogens (tertiary/aromatic N) is 4. The summed E-state index contributed by atoms with van der Waals surface area (Å²) in [6, 6.07) is 21.4. The summed E-state index contributed by atoms with van der Waals surface area (Å²) in [5.74, 6) is 0.907. The Morgan fingerprint density at radius 1 is 0.600 bits per heavy atom. The van der Waals surface area contributed by atoms with E-state index in [9.17, 15) is 0 Å². The minimum atomic E-state index is -0.00513. The van der Waals surface area contributed by atoms with Crippen LogP contribution < -0.4 is 0 Å². The van der Waals surface area contributed by atoms with E-state index in [0.717, 1.165) is 19.3 Å². The molecule has 0 aliphatic heterocycles. The molecular weight excluding hydrogens is 428 g/mol. The number of fused-ring (bicyclic) bond motifs is 6. The Balaban J connectivity index is 1.56. The standard InChI is InChI=1S/C31H36N4/c1-30(2,3)28-24-18-20-17-21(26(24)34(32-28)22-13-9-7-10-14-22)19-25-27(20)35(23-15-11-8-12-16-23)33-29(25)31(4,5)6/h7-16,20-21H,17-19H2,1-6H3. The molecule has 4 aromatic rings. The third-order valence-electron chi connectivity index (χ3n) is 7.71. The molecule has 2 bridgehead atoms. The third kappa shape index (κ3) is 3.57. The zero-order chi connectivity index (χ0) is 24.5. The summed E-state index contributed by atoms with van der Waals surface area (Å²) in [6.07, 6.45) is 3.21. The first-order chi connectivity index (χ1) is 16.6. The van der Waals surface area contributed by atoms with Crippen LogP contribution in [-0.4, -0.2) is 19.6 Å². The predicted molar refractivity (Wildman–Crippen MR) is 142 cm³/mol. The van der Waals surface area contributed by atoms with Gasteiger partial charge in [0.1, 0.15) is 0 Å². The van der Waals surface area contributed by atoms with Crippen LogP contribution >= 0.6 is 0 Å². The Morgan fingerprint density at radius 2 is 0.971 bits per heavy atom. The summed E-state index contributed by atoms with van der Waals surface area (Å²) in [5, 5.41) is 10.6. The molecule has 0 spiro atoms. The van der Waals surface area contributed by atoms with Crippen LogP contribution in [0.1, 0.15) is 93.7 Å². The van der Waals surface area contributed by atoms with Crippen LogP contribution in [-0.2, 0) is 23.7 Å². The van der Waals surface area contributed by atoms with Crippen molar-refractivity contribution in [3.8, 4) is 11.4 Å². The summed E-state index contributed by atoms with van der Waals surface area (Å²) in [6.45, 7) is 13.8. The summed E-state index contributed by atoms with van der Waals surface area (Å²) in [7, 11) is 0. The largest absolute Gasteiger partial charge is 0.237 e. The molecule has 0 radical (unpaired) electrons. The van der Waals surface area contributed by atoms with E-state index in [2.05, 4.69) is 112 Å². The highest BCUT2D eigenvalue weighted by atomic mass is 15.3. The quantitative estimate of drug-likeness (QED) is 0.319. The molecule has 180 valence electrons. The first-order valence-corrected chi connectivity index (χ1v) is 13.0. The van der Waals surface area contributed by atoms with Gasteiger partial charge < -0.3 is 0 Å². The van der Waals surface area contributed by atoms with Gasteiger partial charge in [0.2, 0.25) is 0 Å². The van der Waals surface area contributed by atoms with Crippen molar-refractivity contribution in [2.75, 3.05) is 0 Å². The van der Waals surface area contributed by atoms with E-state index < -0.39 is 0 Å². The molecule has 6 rings (SSSR count). The molecule has 2 heterocycles. The van der Waals surface area contributed by atoms with Crippen molar-refractivity contribution in [3.05, 3.63) is 94.6 Å². The highest BCUT2D eigenvalue weighted by molar-refractivity contribution is 5.50. The zero-order valence-electron chi connectivity index (χ0n) is 21.8. The second kappa shape index (κ2) is 7.68. The lowest BCUT2D eigenvalue weighted by Crippen LogP contribution is -2.29. The summed E-state index contributed by atoms with van der Waals surface area (Å²) < 4.78 is 4.53. The minimum Gasteiger partial charge on any atom is -0.237 e. The van der Waals surface area contributed by atoms with Crippen LogP contribution in [0, 0.1) is 0 Å². The molecule has 0 saturated heterocycles. The van der Waals surface area contributed by atoms with Crippen LogP contribution in [0.4, 0.5) is 0 Å². The summed E-state index contributed by atoms with van der Waals surface area (Å²) in [4.78, 5) is 0. The molecule has 0 N–H and O–H groups in total. The van der Waals surface area contributed by atoms with E-state index in [-0.39, 0.29) is 10.8 Å². The fourth-order valence-electron chi connectivity index (χ4n) is 6.32. The Hall–Kier alpha value is -3.14. The van der Waals surface area contributed by atoms with Crippen LogP contribution in [0.5, 0.6) is 0 Å². The summed E-state index contributed by atoms with van der Waals surface area (Å²) in [5.41, 5.74) is 10.6. The molecule has 2 unspecified atom stereocenters. The first kappa shape index (κ1) is 22.3. The molecule has 2 aromatic heterocycles. The maximum absolute atomic E-state index is 5.29. The maximum atomic E-state index is 5.29. The molecule has 35 heavy (non-hydrogen) atoms. The normalized spacial score (nSPS) is 19.4. The van der Waals surface area contributed by atoms with Crippen molar-refractivity contribution in [2.24, 2.45) is 0 Å². The Kier molecular flexibility index (Phi) is 4.90. The van der Waals surface area contributed by atoms with E-state index in [1.54, 1.807) is 0 Å². The van der Waals surface area contributed by atoms with E-state index >= 15 is 0 Å². The summed E-state index contributed by atoms with van der Waals surface area (Å²) >= 11 is 0. The molecule has 2 aromatic carbocycles. The van der Waals surface area contributed by atoms with Gasteiger partial charge in [0.15, 0.2) is 0 Å². The van der Waals surface area contributed by atoms with Crippen molar-refractivity contribution in [1.29, 1.82) is 0 Å². The van der Waals surface area contributed by atoms with Crippen LogP contribution in [0.25, 0.3) is 11.4 Å². The number of hydrogen-bond donors (Lipinski definition) is 0.